The quantitative estimate of drug-likeness (QED) is 0.847. The summed E-state index contributed by atoms with van der Waals surface area (Å²) >= 11 is 0. The molecule has 1 radical (unpaired) electrons. The van der Waals surface area contributed by atoms with Crippen molar-refractivity contribution in [2.24, 2.45) is 0 Å². The lowest BCUT2D eigenvalue weighted by molar-refractivity contribution is 0.631. The summed E-state index contributed by atoms with van der Waals surface area (Å²) in [5.74, 6) is -0.442. The molecule has 1 N–H and O–H groups in total. The second-order valence-corrected chi connectivity index (χ2v) is 3.60. The second kappa shape index (κ2) is 4.67. The van der Waals surface area contributed by atoms with Gasteiger partial charge in [-0.05, 0) is 36.8 Å². The van der Waals surface area contributed by atoms with Gasteiger partial charge >= 0.3 is 0 Å². The molecule has 0 aromatic heterocycles. The number of para-hydroxylation sites is 1. The maximum Gasteiger partial charge on any atom is 0.147 e. The maximum atomic E-state index is 13.6. The normalized spacial score (nSPS) is 9.71. The van der Waals surface area contributed by atoms with Crippen molar-refractivity contribution in [3.05, 3.63) is 66.3 Å². The van der Waals surface area contributed by atoms with E-state index in [-0.39, 0.29) is 11.3 Å². The molecule has 0 saturated heterocycles. The Kier molecular flexibility index (Phi) is 3.06. The van der Waals surface area contributed by atoms with Gasteiger partial charge < -0.3 is 5.32 Å². The van der Waals surface area contributed by atoms with Crippen LogP contribution in [0.4, 0.5) is 15.8 Å². The van der Waals surface area contributed by atoms with Crippen molar-refractivity contribution in [1.82, 2.24) is 0 Å². The van der Waals surface area contributed by atoms with Crippen LogP contribution in [-0.2, 0) is 0 Å². The van der Waals surface area contributed by atoms with Crippen molar-refractivity contribution in [3.63, 3.8) is 0 Å². The molecule has 2 nitrogen and oxygen atoms in total. The fraction of sp³-hybridized carbons (Fsp3) is 0. The minimum Gasteiger partial charge on any atom is -0.352 e. The van der Waals surface area contributed by atoms with Crippen LogP contribution in [0.2, 0.25) is 0 Å². The first kappa shape index (κ1) is 11.2. The third-order valence-corrected chi connectivity index (χ3v) is 2.36. The lowest BCUT2D eigenvalue weighted by Gasteiger charge is -2.09. The van der Waals surface area contributed by atoms with Crippen LogP contribution in [-0.4, -0.2) is 0 Å². The highest BCUT2D eigenvalue weighted by molar-refractivity contribution is 5.67. The summed E-state index contributed by atoms with van der Waals surface area (Å²) in [6.07, 6.45) is 0. The van der Waals surface area contributed by atoms with E-state index in [4.69, 9.17) is 5.26 Å². The second-order valence-electron chi connectivity index (χ2n) is 3.60. The summed E-state index contributed by atoms with van der Waals surface area (Å²) in [6, 6.07) is 13.6. The predicted molar refractivity (Wildman–Crippen MR) is 65.3 cm³/mol. The summed E-state index contributed by atoms with van der Waals surface area (Å²) < 4.78 is 13.6. The zero-order valence-electron chi connectivity index (χ0n) is 9.07. The number of anilines is 2. The van der Waals surface area contributed by atoms with Crippen molar-refractivity contribution < 1.29 is 4.39 Å². The average Bonchev–Trinajstić information content (AvgIpc) is 2.34. The van der Waals surface area contributed by atoms with Crippen LogP contribution in [0.25, 0.3) is 0 Å². The molecular weight excluding hydrogens is 215 g/mol. The Morgan fingerprint density at radius 2 is 1.82 bits per heavy atom. The first-order chi connectivity index (χ1) is 8.20. The third kappa shape index (κ3) is 2.43. The Morgan fingerprint density at radius 3 is 2.47 bits per heavy atom. The van der Waals surface area contributed by atoms with E-state index in [1.165, 1.54) is 12.1 Å². The highest BCUT2D eigenvalue weighted by atomic mass is 19.1. The van der Waals surface area contributed by atoms with Crippen molar-refractivity contribution in [1.29, 1.82) is 5.26 Å². The summed E-state index contributed by atoms with van der Waals surface area (Å²) in [5, 5.41) is 11.8. The molecule has 2 aromatic carbocycles. The minimum absolute atomic E-state index is 0.201. The van der Waals surface area contributed by atoms with E-state index in [1.54, 1.807) is 18.2 Å². The summed E-state index contributed by atoms with van der Waals surface area (Å²) in [7, 11) is 0. The molecule has 0 unspecified atom stereocenters. The zero-order valence-corrected chi connectivity index (χ0v) is 9.07. The van der Waals surface area contributed by atoms with Gasteiger partial charge in [-0.15, -0.1) is 0 Å². The molecule has 0 spiro atoms. The lowest BCUT2D eigenvalue weighted by atomic mass is 10.1. The molecule has 0 amide bonds. The number of nitriles is 1. The van der Waals surface area contributed by atoms with Crippen LogP contribution >= 0.6 is 0 Å². The molecule has 0 bridgehead atoms. The number of nitrogens with one attached hydrogen (secondary N) is 1. The highest BCUT2D eigenvalue weighted by Crippen LogP contribution is 2.23. The number of benzene rings is 2. The van der Waals surface area contributed by atoms with Crippen LogP contribution in [0.1, 0.15) is 11.1 Å². The van der Waals surface area contributed by atoms with E-state index in [0.29, 0.717) is 0 Å². The molecule has 0 saturated carbocycles. The van der Waals surface area contributed by atoms with E-state index in [9.17, 15) is 4.39 Å². The Labute approximate surface area is 99.3 Å². The lowest BCUT2D eigenvalue weighted by Crippen LogP contribution is -1.96. The molecular formula is C14H10FN2. The molecule has 2 rings (SSSR count). The fourth-order valence-corrected chi connectivity index (χ4v) is 1.48. The van der Waals surface area contributed by atoms with Gasteiger partial charge in [0.05, 0.1) is 11.3 Å². The third-order valence-electron chi connectivity index (χ3n) is 2.36. The van der Waals surface area contributed by atoms with Crippen molar-refractivity contribution >= 4 is 11.4 Å². The Morgan fingerprint density at radius 1 is 1.12 bits per heavy atom. The van der Waals surface area contributed by atoms with Gasteiger partial charge in [0.1, 0.15) is 11.9 Å². The molecule has 0 fully saturated rings. The minimum atomic E-state index is -0.442. The first-order valence-corrected chi connectivity index (χ1v) is 5.08. The van der Waals surface area contributed by atoms with Gasteiger partial charge in [-0.25, -0.2) is 4.39 Å². The van der Waals surface area contributed by atoms with E-state index >= 15 is 0 Å². The topological polar surface area (TPSA) is 35.8 Å². The number of hydrogen-bond donors (Lipinski definition) is 1. The monoisotopic (exact) mass is 225 g/mol. The van der Waals surface area contributed by atoms with Crippen molar-refractivity contribution in [2.45, 2.75) is 0 Å². The Hall–Kier alpha value is -2.34. The van der Waals surface area contributed by atoms with Gasteiger partial charge in [-0.1, -0.05) is 18.2 Å². The number of hydrogen-bond acceptors (Lipinski definition) is 2. The molecule has 0 heterocycles. The smallest absolute Gasteiger partial charge is 0.147 e. The van der Waals surface area contributed by atoms with Gasteiger partial charge in [0.25, 0.3) is 0 Å². The Bertz CT molecular complexity index is 568. The maximum absolute atomic E-state index is 13.6. The largest absolute Gasteiger partial charge is 0.352 e. The van der Waals surface area contributed by atoms with E-state index < -0.39 is 5.82 Å². The first-order valence-electron chi connectivity index (χ1n) is 5.08. The fourth-order valence-electron chi connectivity index (χ4n) is 1.48. The van der Waals surface area contributed by atoms with Crippen molar-refractivity contribution in [3.8, 4) is 6.07 Å². The van der Waals surface area contributed by atoms with Crippen LogP contribution in [0.15, 0.2) is 42.5 Å². The molecule has 0 atom stereocenters. The van der Waals surface area contributed by atoms with Crippen LogP contribution < -0.4 is 5.32 Å². The van der Waals surface area contributed by atoms with Crippen molar-refractivity contribution in [2.75, 3.05) is 5.32 Å². The van der Waals surface area contributed by atoms with Gasteiger partial charge in [-0.2, -0.15) is 5.26 Å². The summed E-state index contributed by atoms with van der Waals surface area (Å²) in [5.41, 5.74) is 2.08. The van der Waals surface area contributed by atoms with Gasteiger partial charge in [0.15, 0.2) is 0 Å². The molecule has 83 valence electrons. The van der Waals surface area contributed by atoms with Gasteiger partial charge in [-0.3, -0.25) is 0 Å². The summed E-state index contributed by atoms with van der Waals surface area (Å²) in [6.45, 7) is 3.77. The SMILES string of the molecule is [CH2]c1ccc(Nc2c(F)cccc2C#N)cc1. The van der Waals surface area contributed by atoms with E-state index in [0.717, 1.165) is 11.3 Å². The Balaban J connectivity index is 2.36. The van der Waals surface area contributed by atoms with Gasteiger partial charge in [0, 0.05) is 5.69 Å². The zero-order chi connectivity index (χ0) is 12.3. The van der Waals surface area contributed by atoms with E-state index in [1.807, 2.05) is 18.2 Å². The molecule has 0 aliphatic heterocycles. The average molecular weight is 225 g/mol. The predicted octanol–water partition coefficient (Wildman–Crippen LogP) is 3.62. The number of halogens is 1. The molecule has 0 aliphatic carbocycles. The molecule has 17 heavy (non-hydrogen) atoms. The number of nitrogens with zero attached hydrogens (tertiary/aromatic N) is 1. The van der Waals surface area contributed by atoms with Crippen LogP contribution in [0.5, 0.6) is 0 Å². The molecule has 0 aliphatic rings. The number of rotatable bonds is 2. The highest BCUT2D eigenvalue weighted by Gasteiger charge is 2.07. The van der Waals surface area contributed by atoms with Crippen LogP contribution in [0, 0.1) is 24.1 Å². The summed E-state index contributed by atoms with van der Waals surface area (Å²) in [4.78, 5) is 0. The van der Waals surface area contributed by atoms with Gasteiger partial charge in [0.2, 0.25) is 0 Å². The van der Waals surface area contributed by atoms with E-state index in [2.05, 4.69) is 12.2 Å². The standard InChI is InChI=1S/C14H10FN2/c1-10-5-7-12(8-6-10)17-14-11(9-16)3-2-4-13(14)15/h2-8,17H,1H2. The molecule has 3 heteroatoms. The molecule has 2 aromatic rings. The van der Waals surface area contributed by atoms with Crippen LogP contribution in [0.3, 0.4) is 0 Å².